The zero-order valence-corrected chi connectivity index (χ0v) is 7.03. The molecule has 0 aliphatic heterocycles. The number of hydrogen-bond acceptors (Lipinski definition) is 2. The number of carboxylic acid groups (broad SMARTS) is 1. The molecule has 0 aromatic carbocycles. The molecule has 6 heteroatoms. The quantitative estimate of drug-likeness (QED) is 0.384. The fourth-order valence-corrected chi connectivity index (χ4v) is 0. The van der Waals surface area contributed by atoms with Crippen molar-refractivity contribution in [1.82, 2.24) is 0 Å². The van der Waals surface area contributed by atoms with E-state index in [1.54, 1.807) is 0 Å². The first kappa shape index (κ1) is 23.3. The molecule has 0 aromatic rings. The third-order valence-corrected chi connectivity index (χ3v) is 0.175. The number of rotatable bonds is 1. The molecule has 3 nitrogen and oxygen atoms in total. The Bertz CT molecular complexity index is 53.3. The van der Waals surface area contributed by atoms with Crippen LogP contribution in [0, 0.1) is 0 Å². The second-order valence-electron chi connectivity index (χ2n) is 0.598. The second kappa shape index (κ2) is 15.7. The average Bonchev–Trinajstić information content (AvgIpc) is 1.38. The minimum Gasteiger partial charge on any atom is -1.00 e. The van der Waals surface area contributed by atoms with E-state index in [1.165, 1.54) is 0 Å². The fraction of sp³-hybridized carbons (Fsp3) is 0.500. The summed E-state index contributed by atoms with van der Waals surface area (Å²) < 4.78 is 0. The van der Waals surface area contributed by atoms with Crippen molar-refractivity contribution in [2.75, 3.05) is 6.54 Å². The summed E-state index contributed by atoms with van der Waals surface area (Å²) in [6.45, 7) is -0.278. The van der Waals surface area contributed by atoms with Gasteiger partial charge in [-0.15, -0.1) is 0 Å². The van der Waals surface area contributed by atoms with Gasteiger partial charge in [-0.25, -0.2) is 0 Å². The average molecular weight is 170 g/mol. The molecule has 0 heterocycles. The molecule has 46 valence electrons. The molecule has 0 saturated heterocycles. The molecule has 0 unspecified atom stereocenters. The fourth-order valence-electron chi connectivity index (χ4n) is 0. The van der Waals surface area contributed by atoms with Crippen molar-refractivity contribution in [3.63, 3.8) is 0 Å². The molecule has 0 aromatic heterocycles. The van der Waals surface area contributed by atoms with Crippen LogP contribution in [0.4, 0.5) is 0 Å². The van der Waals surface area contributed by atoms with Crippen molar-refractivity contribution in [2.45, 2.75) is 0 Å². The maximum Gasteiger partial charge on any atom is 2.00 e. The molecule has 0 spiro atoms. The van der Waals surface area contributed by atoms with Gasteiger partial charge in [-0.1, -0.05) is 0 Å². The first-order valence-corrected chi connectivity index (χ1v) is 1.19. The molecule has 0 amide bonds. The van der Waals surface area contributed by atoms with E-state index in [0.717, 1.165) is 0 Å². The van der Waals surface area contributed by atoms with Crippen LogP contribution in [0.25, 0.3) is 0 Å². The molecule has 0 aliphatic carbocycles. The molecule has 0 aliphatic rings. The van der Waals surface area contributed by atoms with Crippen LogP contribution in [0.5, 0.6) is 0 Å². The van der Waals surface area contributed by atoms with E-state index in [2.05, 4.69) is 5.73 Å². The van der Waals surface area contributed by atoms with E-state index < -0.39 is 5.97 Å². The van der Waals surface area contributed by atoms with E-state index in [4.69, 9.17) is 5.11 Å². The summed E-state index contributed by atoms with van der Waals surface area (Å²) in [6.07, 6.45) is 0. The van der Waals surface area contributed by atoms with Gasteiger partial charge >= 0.3 is 29.0 Å². The van der Waals surface area contributed by atoms with Crippen LogP contribution >= 0.6 is 0 Å². The minimum atomic E-state index is -0.968. The van der Waals surface area contributed by atoms with E-state index >= 15 is 0 Å². The third kappa shape index (κ3) is 29.3. The summed E-state index contributed by atoms with van der Waals surface area (Å²) in [6, 6.07) is 0. The van der Waals surface area contributed by atoms with Gasteiger partial charge < -0.3 is 35.7 Å². The van der Waals surface area contributed by atoms with Crippen LogP contribution in [0.15, 0.2) is 0 Å². The minimum absolute atomic E-state index is 0. The van der Waals surface area contributed by atoms with Crippen molar-refractivity contribution < 1.29 is 34.7 Å². The van der Waals surface area contributed by atoms with Crippen LogP contribution in [0.1, 0.15) is 0 Å². The number of halogens is 2. The predicted octanol–water partition coefficient (Wildman–Crippen LogP) is -7.34. The van der Waals surface area contributed by atoms with E-state index in [-0.39, 0.29) is 54.4 Å². The Labute approximate surface area is 76.0 Å². The van der Waals surface area contributed by atoms with Gasteiger partial charge in [0.1, 0.15) is 0 Å². The molecular weight excluding hydrogens is 165 g/mol. The third-order valence-electron chi connectivity index (χ3n) is 0.175. The summed E-state index contributed by atoms with van der Waals surface area (Å²) in [5, 5.41) is 7.60. The van der Waals surface area contributed by atoms with Gasteiger partial charge in [-0.2, -0.15) is 0 Å². The van der Waals surface area contributed by atoms with Gasteiger partial charge in [0.15, 0.2) is 0 Å². The molecule has 8 heavy (non-hydrogen) atoms. The number of carboxylic acids is 1. The molecule has 0 atom stereocenters. The van der Waals surface area contributed by atoms with Gasteiger partial charge in [0.05, 0.1) is 6.54 Å². The van der Waals surface area contributed by atoms with Crippen molar-refractivity contribution >= 4 is 29.0 Å². The summed E-state index contributed by atoms with van der Waals surface area (Å²) in [5.41, 5.74) is 4.57. The van der Waals surface area contributed by atoms with Gasteiger partial charge in [0.2, 0.25) is 0 Å². The van der Waals surface area contributed by atoms with Crippen molar-refractivity contribution in [1.29, 1.82) is 0 Å². The van der Waals surface area contributed by atoms with Crippen LogP contribution < -0.4 is 30.5 Å². The van der Waals surface area contributed by atoms with E-state index in [1.807, 2.05) is 0 Å². The summed E-state index contributed by atoms with van der Waals surface area (Å²) in [4.78, 5) is 9.24. The van der Waals surface area contributed by atoms with Crippen LogP contribution in [0.3, 0.4) is 0 Å². The number of nitrogens with two attached hydrogens (primary N) is 1. The second-order valence-corrected chi connectivity index (χ2v) is 0.598. The SMILES string of the molecule is NCC(=O)O.[Cl-].[Cl-].[Mg+2]. The number of hydrogen-bond donors (Lipinski definition) is 2. The standard InChI is InChI=1S/C2H5NO2.2ClH.Mg/c3-1-2(4)5;;;/h1,3H2,(H,4,5);2*1H;/q;;;+2/p-2. The van der Waals surface area contributed by atoms with Crippen molar-refractivity contribution in [2.24, 2.45) is 5.73 Å². The Balaban J connectivity index is -0.0000000267. The first-order valence-electron chi connectivity index (χ1n) is 1.19. The summed E-state index contributed by atoms with van der Waals surface area (Å²) in [7, 11) is 0. The molecule has 3 N–H and O–H groups in total. The van der Waals surface area contributed by atoms with E-state index in [0.29, 0.717) is 0 Å². The summed E-state index contributed by atoms with van der Waals surface area (Å²) >= 11 is 0. The van der Waals surface area contributed by atoms with Crippen LogP contribution in [-0.2, 0) is 4.79 Å². The maximum atomic E-state index is 9.24. The molecule has 0 bridgehead atoms. The van der Waals surface area contributed by atoms with Crippen LogP contribution in [-0.4, -0.2) is 40.7 Å². The number of carbonyl (C=O) groups is 1. The van der Waals surface area contributed by atoms with Gasteiger partial charge in [0, 0.05) is 0 Å². The smallest absolute Gasteiger partial charge is 1.00 e. The topological polar surface area (TPSA) is 63.3 Å². The first-order chi connectivity index (χ1) is 2.27. The zero-order chi connectivity index (χ0) is 4.28. The monoisotopic (exact) mass is 169 g/mol. The molecular formula is C2H5Cl2MgNO2. The normalized spacial score (nSPS) is 4.62. The van der Waals surface area contributed by atoms with Crippen molar-refractivity contribution in [3.05, 3.63) is 0 Å². The van der Waals surface area contributed by atoms with Crippen molar-refractivity contribution in [3.8, 4) is 0 Å². The number of aliphatic carboxylic acids is 1. The molecule has 0 saturated carbocycles. The Morgan fingerprint density at radius 2 is 1.62 bits per heavy atom. The van der Waals surface area contributed by atoms with E-state index in [9.17, 15) is 4.79 Å². The Morgan fingerprint density at radius 3 is 1.62 bits per heavy atom. The Hall–Kier alpha value is 0.776. The van der Waals surface area contributed by atoms with Gasteiger partial charge in [-0.3, -0.25) is 4.79 Å². The largest absolute Gasteiger partial charge is 2.00 e. The van der Waals surface area contributed by atoms with Crippen LogP contribution in [0.2, 0.25) is 0 Å². The Kier molecular flexibility index (Phi) is 45.5. The predicted molar refractivity (Wildman–Crippen MR) is 22.4 cm³/mol. The maximum absolute atomic E-state index is 9.24. The summed E-state index contributed by atoms with van der Waals surface area (Å²) in [5.74, 6) is -0.968. The van der Waals surface area contributed by atoms with Gasteiger partial charge in [0.25, 0.3) is 0 Å². The zero-order valence-electron chi connectivity index (χ0n) is 4.10. The molecule has 0 rings (SSSR count). The Morgan fingerprint density at radius 1 is 1.50 bits per heavy atom. The molecule has 0 radical (unpaired) electrons. The molecule has 0 fully saturated rings. The van der Waals surface area contributed by atoms with Gasteiger partial charge in [-0.05, 0) is 0 Å².